The quantitative estimate of drug-likeness (QED) is 0.215. The summed E-state index contributed by atoms with van der Waals surface area (Å²) in [5.74, 6) is 4.92. The summed E-state index contributed by atoms with van der Waals surface area (Å²) in [6, 6.07) is 0. The molecule has 0 bridgehead atoms. The van der Waals surface area contributed by atoms with Crippen LogP contribution in [0.15, 0.2) is 85.6 Å². The average molecular weight is 432 g/mol. The fourth-order valence-corrected chi connectivity index (χ4v) is 2.52. The summed E-state index contributed by atoms with van der Waals surface area (Å²) in [6.07, 6.45) is 31.0. The number of allylic oxidation sites excluding steroid dienone is 15. The first-order chi connectivity index (χ1) is 15.1. The summed E-state index contributed by atoms with van der Waals surface area (Å²) in [4.78, 5) is 14.1. The van der Waals surface area contributed by atoms with Crippen LogP contribution in [0.2, 0.25) is 0 Å². The zero-order valence-corrected chi connectivity index (χ0v) is 19.3. The van der Waals surface area contributed by atoms with E-state index in [0.29, 0.717) is 29.8 Å². The second-order valence-corrected chi connectivity index (χ2v) is 6.86. The summed E-state index contributed by atoms with van der Waals surface area (Å²) < 4.78 is 0. The van der Waals surface area contributed by atoms with Gasteiger partial charge < -0.3 is 0 Å². The van der Waals surface area contributed by atoms with Crippen LogP contribution in [0.25, 0.3) is 11.1 Å². The first kappa shape index (κ1) is 25.8. The number of nitrogens with zero attached hydrogens (tertiary/aromatic N) is 3. The van der Waals surface area contributed by atoms with E-state index in [1.165, 1.54) is 0 Å². The molecule has 31 heavy (non-hydrogen) atoms. The Morgan fingerprint density at radius 3 is 2.16 bits per heavy atom. The Labute approximate surface area is 192 Å². The van der Waals surface area contributed by atoms with Gasteiger partial charge in [-0.25, -0.2) is 15.0 Å². The highest BCUT2D eigenvalue weighted by molar-refractivity contribution is 6.18. The minimum atomic E-state index is -0.131. The predicted molar refractivity (Wildman–Crippen MR) is 136 cm³/mol. The lowest BCUT2D eigenvalue weighted by atomic mass is 10.0. The van der Waals surface area contributed by atoms with Crippen molar-refractivity contribution < 1.29 is 0 Å². The van der Waals surface area contributed by atoms with Crippen LogP contribution in [0.5, 0.6) is 0 Å². The maximum absolute atomic E-state index is 5.70. The molecular weight excluding hydrogens is 402 g/mol. The first-order valence-electron chi connectivity index (χ1n) is 10.1. The molecule has 0 aromatic carbocycles. The fourth-order valence-electron chi connectivity index (χ4n) is 2.41. The molecule has 3 nitrogen and oxygen atoms in total. The van der Waals surface area contributed by atoms with Gasteiger partial charge in [0.15, 0.2) is 11.6 Å². The molecule has 0 radical (unpaired) electrons. The van der Waals surface area contributed by atoms with E-state index in [1.807, 2.05) is 93.7 Å². The Kier molecular flexibility index (Phi) is 13.0. The standard InChI is InChI=1S/C27H30ClN3/c1-6-9-11-14-19-23(5)26-29-25(22(4)18-13-10-7-2)30-27(31-26)24(17-8-3)20-15-12-16-21-28/h3,6-7,9-16,18-20,24H,2,17,21H2,1,4-5H3/b9-6-,13-10-,14-11-,16-12-,20-15?,22-18+,23-19+. The third-order valence-electron chi connectivity index (χ3n) is 4.06. The maximum atomic E-state index is 5.70. The van der Waals surface area contributed by atoms with Crippen molar-refractivity contribution in [3.8, 4) is 12.3 Å². The number of halogens is 1. The van der Waals surface area contributed by atoms with E-state index in [9.17, 15) is 0 Å². The van der Waals surface area contributed by atoms with Gasteiger partial charge in [-0.05, 0) is 31.9 Å². The van der Waals surface area contributed by atoms with Crippen LogP contribution >= 0.6 is 11.6 Å². The largest absolute Gasteiger partial charge is 0.213 e. The van der Waals surface area contributed by atoms with Crippen LogP contribution in [0.1, 0.15) is 50.6 Å². The lowest BCUT2D eigenvalue weighted by Crippen LogP contribution is -2.09. The van der Waals surface area contributed by atoms with E-state index < -0.39 is 0 Å². The Balaban J connectivity index is 3.51. The molecule has 1 heterocycles. The minimum absolute atomic E-state index is 0.131. The molecule has 0 aliphatic heterocycles. The fraction of sp³-hybridized carbons (Fsp3) is 0.222. The first-order valence-corrected chi connectivity index (χ1v) is 10.6. The van der Waals surface area contributed by atoms with Gasteiger partial charge in [0.05, 0.1) is 0 Å². The second kappa shape index (κ2) is 15.6. The summed E-state index contributed by atoms with van der Waals surface area (Å²) in [6.45, 7) is 9.62. The highest BCUT2D eigenvalue weighted by Crippen LogP contribution is 2.22. The summed E-state index contributed by atoms with van der Waals surface area (Å²) in [5, 5.41) is 0. The predicted octanol–water partition coefficient (Wildman–Crippen LogP) is 7.01. The highest BCUT2D eigenvalue weighted by Gasteiger charge is 2.15. The van der Waals surface area contributed by atoms with Gasteiger partial charge in [-0.15, -0.1) is 23.9 Å². The van der Waals surface area contributed by atoms with Crippen molar-refractivity contribution in [1.82, 2.24) is 15.0 Å². The molecule has 0 saturated carbocycles. The van der Waals surface area contributed by atoms with Gasteiger partial charge in [0.2, 0.25) is 0 Å². The van der Waals surface area contributed by atoms with Crippen LogP contribution < -0.4 is 0 Å². The molecule has 4 heteroatoms. The summed E-state index contributed by atoms with van der Waals surface area (Å²) >= 11 is 5.70. The zero-order chi connectivity index (χ0) is 22.9. The van der Waals surface area contributed by atoms with Gasteiger partial charge in [-0.2, -0.15) is 0 Å². The molecule has 0 amide bonds. The monoisotopic (exact) mass is 431 g/mol. The molecule has 0 aliphatic carbocycles. The third kappa shape index (κ3) is 9.89. The van der Waals surface area contributed by atoms with E-state index in [4.69, 9.17) is 28.0 Å². The van der Waals surface area contributed by atoms with Gasteiger partial charge in [0.1, 0.15) is 5.82 Å². The number of aromatic nitrogens is 3. The molecule has 160 valence electrons. The molecular formula is C27H30ClN3. The Bertz CT molecular complexity index is 967. The number of terminal acetylenes is 1. The van der Waals surface area contributed by atoms with E-state index in [2.05, 4.69) is 17.5 Å². The van der Waals surface area contributed by atoms with Crippen LogP contribution in [0.4, 0.5) is 0 Å². The van der Waals surface area contributed by atoms with Gasteiger partial charge in [-0.3, -0.25) is 0 Å². The van der Waals surface area contributed by atoms with Crippen molar-refractivity contribution in [2.45, 2.75) is 33.1 Å². The van der Waals surface area contributed by atoms with Crippen molar-refractivity contribution in [2.24, 2.45) is 0 Å². The number of hydrogen-bond donors (Lipinski definition) is 0. The third-order valence-corrected chi connectivity index (χ3v) is 4.24. The van der Waals surface area contributed by atoms with Crippen molar-refractivity contribution in [3.63, 3.8) is 0 Å². The minimum Gasteiger partial charge on any atom is -0.213 e. The van der Waals surface area contributed by atoms with Crippen LogP contribution in [0.3, 0.4) is 0 Å². The lowest BCUT2D eigenvalue weighted by molar-refractivity contribution is 0.762. The summed E-state index contributed by atoms with van der Waals surface area (Å²) in [7, 11) is 0. The zero-order valence-electron chi connectivity index (χ0n) is 18.5. The van der Waals surface area contributed by atoms with Gasteiger partial charge in [0.25, 0.3) is 0 Å². The maximum Gasteiger partial charge on any atom is 0.159 e. The number of hydrogen-bond acceptors (Lipinski definition) is 3. The molecule has 0 saturated heterocycles. The molecule has 0 fully saturated rings. The number of alkyl halides is 1. The topological polar surface area (TPSA) is 38.7 Å². The van der Waals surface area contributed by atoms with Crippen molar-refractivity contribution in [3.05, 3.63) is 103 Å². The molecule has 1 aromatic rings. The molecule has 1 aromatic heterocycles. The molecule has 0 spiro atoms. The smallest absolute Gasteiger partial charge is 0.159 e. The van der Waals surface area contributed by atoms with Gasteiger partial charge in [0, 0.05) is 18.2 Å². The van der Waals surface area contributed by atoms with E-state index >= 15 is 0 Å². The molecule has 1 atom stereocenters. The average Bonchev–Trinajstić information content (AvgIpc) is 2.78. The second-order valence-electron chi connectivity index (χ2n) is 6.55. The van der Waals surface area contributed by atoms with Gasteiger partial charge >= 0.3 is 0 Å². The van der Waals surface area contributed by atoms with Crippen LogP contribution in [0, 0.1) is 12.3 Å². The summed E-state index contributed by atoms with van der Waals surface area (Å²) in [5.41, 5.74) is 1.86. The van der Waals surface area contributed by atoms with Crippen molar-refractivity contribution >= 4 is 22.7 Å². The molecule has 1 rings (SSSR count). The highest BCUT2D eigenvalue weighted by atomic mass is 35.5. The van der Waals surface area contributed by atoms with Gasteiger partial charge in [-0.1, -0.05) is 85.6 Å². The Morgan fingerprint density at radius 2 is 1.61 bits per heavy atom. The van der Waals surface area contributed by atoms with E-state index in [0.717, 1.165) is 11.1 Å². The van der Waals surface area contributed by atoms with Crippen molar-refractivity contribution in [1.29, 1.82) is 0 Å². The Morgan fingerprint density at radius 1 is 0.968 bits per heavy atom. The van der Waals surface area contributed by atoms with E-state index in [-0.39, 0.29) is 5.92 Å². The molecule has 0 aliphatic rings. The Hall–Kier alpha value is -3.22. The molecule has 1 unspecified atom stereocenters. The SMILES string of the molecule is C#CCC(C=C/C=C\CCl)c1nc(/C(C)=C/C=C\C=C)nc(/C(C)=C/C=C\C=C/C)n1. The molecule has 0 N–H and O–H groups in total. The van der Waals surface area contributed by atoms with Crippen LogP contribution in [-0.2, 0) is 0 Å². The van der Waals surface area contributed by atoms with E-state index in [1.54, 1.807) is 6.08 Å². The lowest BCUT2D eigenvalue weighted by Gasteiger charge is -2.12. The van der Waals surface area contributed by atoms with Crippen LogP contribution in [-0.4, -0.2) is 20.8 Å². The number of rotatable bonds is 11. The van der Waals surface area contributed by atoms with Crippen molar-refractivity contribution in [2.75, 3.05) is 5.88 Å². The normalized spacial score (nSPS) is 14.4.